The normalized spacial score (nSPS) is 10.5. The summed E-state index contributed by atoms with van der Waals surface area (Å²) in [6, 6.07) is 3.73. The Balaban J connectivity index is 2.73. The molecule has 4 heteroatoms. The Bertz CT molecular complexity index is 729. The van der Waals surface area contributed by atoms with Crippen molar-refractivity contribution in [3.05, 3.63) is 39.3 Å². The summed E-state index contributed by atoms with van der Waals surface area (Å²) in [5.74, 6) is 2.61. The van der Waals surface area contributed by atoms with Gasteiger partial charge in [0.15, 0.2) is 0 Å². The Morgan fingerprint density at radius 1 is 1.32 bits per heavy atom. The van der Waals surface area contributed by atoms with E-state index in [1.807, 2.05) is 32.9 Å². The summed E-state index contributed by atoms with van der Waals surface area (Å²) >= 11 is 0. The van der Waals surface area contributed by atoms with E-state index in [9.17, 15) is 4.79 Å². The summed E-state index contributed by atoms with van der Waals surface area (Å²) in [5, 5.41) is 4.48. The smallest absolute Gasteiger partial charge is 0.253 e. The first kappa shape index (κ1) is 13.2. The van der Waals surface area contributed by atoms with Crippen LogP contribution in [0.3, 0.4) is 0 Å². The highest BCUT2D eigenvalue weighted by Crippen LogP contribution is 2.21. The molecule has 2 rings (SSSR count). The van der Waals surface area contributed by atoms with Crippen molar-refractivity contribution in [2.75, 3.05) is 0 Å². The van der Waals surface area contributed by atoms with Gasteiger partial charge in [-0.1, -0.05) is 5.92 Å². The van der Waals surface area contributed by atoms with Gasteiger partial charge < -0.3 is 4.57 Å². The molecule has 4 nitrogen and oxygen atoms in total. The summed E-state index contributed by atoms with van der Waals surface area (Å²) < 4.78 is 3.40. The second kappa shape index (κ2) is 4.77. The van der Waals surface area contributed by atoms with Crippen molar-refractivity contribution in [2.24, 2.45) is 7.05 Å². The maximum atomic E-state index is 12.0. The van der Waals surface area contributed by atoms with Crippen molar-refractivity contribution in [3.8, 4) is 23.7 Å². The third-order valence-electron chi connectivity index (χ3n) is 3.25. The van der Waals surface area contributed by atoms with Crippen LogP contribution in [0.2, 0.25) is 0 Å². The van der Waals surface area contributed by atoms with Crippen molar-refractivity contribution in [3.63, 3.8) is 0 Å². The number of aryl methyl sites for hydroxylation is 3. The first-order valence-corrected chi connectivity index (χ1v) is 6.21. The molecule has 0 amide bonds. The Hall–Kier alpha value is -2.28. The molecule has 0 atom stereocenters. The molecule has 0 radical (unpaired) electrons. The standard InChI is InChI=1S/C15H17N3O/c1-6-12-9-13(16-18(12)7-2)14-10(3)8-11(4)15(19)17(14)5/h1,8-9H,7H2,2-5H3. The van der Waals surface area contributed by atoms with Crippen molar-refractivity contribution < 1.29 is 0 Å². The fraction of sp³-hybridized carbons (Fsp3) is 0.333. The zero-order valence-corrected chi connectivity index (χ0v) is 11.7. The summed E-state index contributed by atoms with van der Waals surface area (Å²) in [5.41, 5.74) is 4.03. The number of terminal acetylenes is 1. The summed E-state index contributed by atoms with van der Waals surface area (Å²) in [6.07, 6.45) is 5.47. The van der Waals surface area contributed by atoms with Crippen LogP contribution in [0.1, 0.15) is 23.7 Å². The van der Waals surface area contributed by atoms with Gasteiger partial charge in [-0.15, -0.1) is 6.42 Å². The van der Waals surface area contributed by atoms with Crippen LogP contribution in [-0.4, -0.2) is 14.3 Å². The van der Waals surface area contributed by atoms with Gasteiger partial charge in [-0.25, -0.2) is 0 Å². The Kier molecular flexibility index (Phi) is 3.30. The lowest BCUT2D eigenvalue weighted by Gasteiger charge is -2.10. The number of hydrogen-bond donors (Lipinski definition) is 0. The summed E-state index contributed by atoms with van der Waals surface area (Å²) in [7, 11) is 1.76. The molecule has 0 aromatic carbocycles. The van der Waals surface area contributed by atoms with Crippen LogP contribution in [0.4, 0.5) is 0 Å². The molecule has 2 aromatic rings. The molecule has 0 saturated heterocycles. The number of hydrogen-bond acceptors (Lipinski definition) is 2. The molecule has 0 aliphatic rings. The van der Waals surface area contributed by atoms with Crippen LogP contribution in [0, 0.1) is 26.2 Å². The lowest BCUT2D eigenvalue weighted by Crippen LogP contribution is -2.21. The lowest BCUT2D eigenvalue weighted by molar-refractivity contribution is 0.652. The SMILES string of the molecule is C#Cc1cc(-c2c(C)cc(C)c(=O)n2C)nn1CC. The fourth-order valence-electron chi connectivity index (χ4n) is 2.35. The molecule has 0 bridgehead atoms. The van der Waals surface area contributed by atoms with E-state index in [1.165, 1.54) is 0 Å². The zero-order chi connectivity index (χ0) is 14.2. The van der Waals surface area contributed by atoms with E-state index in [2.05, 4.69) is 11.0 Å². The van der Waals surface area contributed by atoms with Crippen LogP contribution in [-0.2, 0) is 13.6 Å². The predicted octanol–water partition coefficient (Wildman–Crippen LogP) is 1.87. The van der Waals surface area contributed by atoms with E-state index in [0.717, 1.165) is 28.2 Å². The van der Waals surface area contributed by atoms with E-state index >= 15 is 0 Å². The number of pyridine rings is 1. The van der Waals surface area contributed by atoms with E-state index in [-0.39, 0.29) is 5.56 Å². The van der Waals surface area contributed by atoms with Crippen molar-refractivity contribution in [1.82, 2.24) is 14.3 Å². The quantitative estimate of drug-likeness (QED) is 0.768. The van der Waals surface area contributed by atoms with Crippen LogP contribution >= 0.6 is 0 Å². The Labute approximate surface area is 112 Å². The van der Waals surface area contributed by atoms with Crippen molar-refractivity contribution in [1.29, 1.82) is 0 Å². The van der Waals surface area contributed by atoms with Crippen LogP contribution in [0.15, 0.2) is 16.9 Å². The molecule has 0 saturated carbocycles. The molecular formula is C15H17N3O. The summed E-state index contributed by atoms with van der Waals surface area (Å²) in [4.78, 5) is 12.0. The maximum Gasteiger partial charge on any atom is 0.253 e. The predicted molar refractivity (Wildman–Crippen MR) is 76.0 cm³/mol. The second-order valence-corrected chi connectivity index (χ2v) is 4.60. The lowest BCUT2D eigenvalue weighted by atomic mass is 10.1. The van der Waals surface area contributed by atoms with E-state index in [1.54, 1.807) is 16.3 Å². The van der Waals surface area contributed by atoms with Gasteiger partial charge in [-0.2, -0.15) is 5.10 Å². The van der Waals surface area contributed by atoms with Gasteiger partial charge >= 0.3 is 0 Å². The molecule has 0 fully saturated rings. The molecule has 0 unspecified atom stereocenters. The van der Waals surface area contributed by atoms with E-state index in [0.29, 0.717) is 6.54 Å². The van der Waals surface area contributed by atoms with Crippen molar-refractivity contribution >= 4 is 0 Å². The number of aromatic nitrogens is 3. The monoisotopic (exact) mass is 255 g/mol. The number of rotatable bonds is 2. The fourth-order valence-corrected chi connectivity index (χ4v) is 2.35. The van der Waals surface area contributed by atoms with E-state index in [4.69, 9.17) is 6.42 Å². The zero-order valence-electron chi connectivity index (χ0n) is 11.7. The van der Waals surface area contributed by atoms with Crippen LogP contribution in [0.5, 0.6) is 0 Å². The topological polar surface area (TPSA) is 39.8 Å². The minimum absolute atomic E-state index is 0.00564. The Morgan fingerprint density at radius 2 is 2.00 bits per heavy atom. The van der Waals surface area contributed by atoms with Gasteiger partial charge in [-0.3, -0.25) is 9.48 Å². The first-order valence-electron chi connectivity index (χ1n) is 6.21. The molecular weight excluding hydrogens is 238 g/mol. The second-order valence-electron chi connectivity index (χ2n) is 4.60. The Morgan fingerprint density at radius 3 is 2.53 bits per heavy atom. The molecule has 19 heavy (non-hydrogen) atoms. The van der Waals surface area contributed by atoms with E-state index < -0.39 is 0 Å². The maximum absolute atomic E-state index is 12.0. The highest BCUT2D eigenvalue weighted by atomic mass is 16.1. The van der Waals surface area contributed by atoms with Gasteiger partial charge in [0, 0.05) is 25.2 Å². The molecule has 0 aliphatic carbocycles. The number of nitrogens with zero attached hydrogens (tertiary/aromatic N) is 3. The first-order chi connectivity index (χ1) is 8.99. The average molecular weight is 255 g/mol. The third kappa shape index (κ3) is 2.08. The molecule has 0 aliphatic heterocycles. The average Bonchev–Trinajstić information content (AvgIpc) is 2.79. The minimum atomic E-state index is -0.00564. The molecule has 2 heterocycles. The van der Waals surface area contributed by atoms with Crippen LogP contribution in [0.25, 0.3) is 11.4 Å². The third-order valence-corrected chi connectivity index (χ3v) is 3.25. The largest absolute Gasteiger partial charge is 0.309 e. The van der Waals surface area contributed by atoms with Gasteiger partial charge in [0.2, 0.25) is 0 Å². The summed E-state index contributed by atoms with van der Waals surface area (Å²) in [6.45, 7) is 6.48. The van der Waals surface area contributed by atoms with Gasteiger partial charge in [0.05, 0.1) is 5.69 Å². The molecule has 0 spiro atoms. The minimum Gasteiger partial charge on any atom is -0.309 e. The van der Waals surface area contributed by atoms with Gasteiger partial charge in [0.1, 0.15) is 11.4 Å². The van der Waals surface area contributed by atoms with Crippen molar-refractivity contribution in [2.45, 2.75) is 27.3 Å². The van der Waals surface area contributed by atoms with Crippen LogP contribution < -0.4 is 5.56 Å². The highest BCUT2D eigenvalue weighted by Gasteiger charge is 2.14. The van der Waals surface area contributed by atoms with Gasteiger partial charge in [0.25, 0.3) is 5.56 Å². The highest BCUT2D eigenvalue weighted by molar-refractivity contribution is 5.61. The molecule has 0 N–H and O–H groups in total. The van der Waals surface area contributed by atoms with Gasteiger partial charge in [-0.05, 0) is 32.4 Å². The molecule has 2 aromatic heterocycles. The molecule has 98 valence electrons.